The SMILES string of the molecule is Cl.N[C@@H]1CCN(C(=O)c2ccc(-n3cccn3)cc2)C1. The van der Waals surface area contributed by atoms with Crippen LogP contribution in [-0.2, 0) is 0 Å². The molecule has 1 fully saturated rings. The lowest BCUT2D eigenvalue weighted by atomic mass is 10.2. The first kappa shape index (κ1) is 14.6. The second kappa shape index (κ2) is 6.07. The quantitative estimate of drug-likeness (QED) is 0.911. The number of nitrogens with zero attached hydrogens (tertiary/aromatic N) is 3. The van der Waals surface area contributed by atoms with E-state index in [4.69, 9.17) is 5.73 Å². The first-order chi connectivity index (χ1) is 9.24. The lowest BCUT2D eigenvalue weighted by Gasteiger charge is -2.15. The standard InChI is InChI=1S/C14H16N4O.ClH/c15-12-6-9-17(10-12)14(19)11-2-4-13(5-3-11)18-8-1-7-16-18;/h1-5,7-8,12H,6,9-10,15H2;1H/t12-;/m1./s1. The highest BCUT2D eigenvalue weighted by atomic mass is 35.5. The Bertz CT molecular complexity index is 567. The number of carbonyl (C=O) groups is 1. The van der Waals surface area contributed by atoms with Crippen molar-refractivity contribution in [3.05, 3.63) is 48.3 Å². The van der Waals surface area contributed by atoms with Gasteiger partial charge >= 0.3 is 0 Å². The molecule has 0 radical (unpaired) electrons. The van der Waals surface area contributed by atoms with Gasteiger partial charge < -0.3 is 10.6 Å². The largest absolute Gasteiger partial charge is 0.337 e. The van der Waals surface area contributed by atoms with Gasteiger partial charge in [-0.1, -0.05) is 0 Å². The number of nitrogens with two attached hydrogens (primary N) is 1. The normalized spacial score (nSPS) is 17.9. The van der Waals surface area contributed by atoms with Crippen molar-refractivity contribution in [3.63, 3.8) is 0 Å². The smallest absolute Gasteiger partial charge is 0.253 e. The van der Waals surface area contributed by atoms with E-state index in [-0.39, 0.29) is 24.4 Å². The molecule has 1 aromatic heterocycles. The summed E-state index contributed by atoms with van der Waals surface area (Å²) in [6.07, 6.45) is 4.48. The molecule has 0 saturated carbocycles. The molecule has 0 bridgehead atoms. The average Bonchev–Trinajstić information content (AvgIpc) is 3.09. The van der Waals surface area contributed by atoms with Crippen molar-refractivity contribution in [2.45, 2.75) is 12.5 Å². The zero-order valence-electron chi connectivity index (χ0n) is 11.0. The molecule has 1 aliphatic heterocycles. The van der Waals surface area contributed by atoms with Crippen molar-refractivity contribution in [1.29, 1.82) is 0 Å². The first-order valence-corrected chi connectivity index (χ1v) is 6.39. The van der Waals surface area contributed by atoms with E-state index >= 15 is 0 Å². The van der Waals surface area contributed by atoms with Gasteiger partial charge in [-0.05, 0) is 36.8 Å². The lowest BCUT2D eigenvalue weighted by molar-refractivity contribution is 0.0791. The van der Waals surface area contributed by atoms with Crippen molar-refractivity contribution in [1.82, 2.24) is 14.7 Å². The van der Waals surface area contributed by atoms with Crippen LogP contribution in [0.1, 0.15) is 16.8 Å². The number of amides is 1. The summed E-state index contributed by atoms with van der Waals surface area (Å²) < 4.78 is 1.76. The Labute approximate surface area is 123 Å². The Balaban J connectivity index is 0.00000147. The molecule has 5 nitrogen and oxygen atoms in total. The molecule has 1 amide bonds. The first-order valence-electron chi connectivity index (χ1n) is 6.39. The van der Waals surface area contributed by atoms with Crippen LogP contribution in [0, 0.1) is 0 Å². The van der Waals surface area contributed by atoms with Crippen LogP contribution >= 0.6 is 12.4 Å². The summed E-state index contributed by atoms with van der Waals surface area (Å²) in [5, 5.41) is 4.15. The molecular weight excluding hydrogens is 276 g/mol. The summed E-state index contributed by atoms with van der Waals surface area (Å²) in [4.78, 5) is 14.1. The molecule has 1 atom stereocenters. The monoisotopic (exact) mass is 292 g/mol. The van der Waals surface area contributed by atoms with Crippen molar-refractivity contribution in [3.8, 4) is 5.69 Å². The van der Waals surface area contributed by atoms with Crippen LogP contribution in [-0.4, -0.2) is 39.7 Å². The lowest BCUT2D eigenvalue weighted by Crippen LogP contribution is -2.31. The topological polar surface area (TPSA) is 64.2 Å². The van der Waals surface area contributed by atoms with Crippen molar-refractivity contribution in [2.24, 2.45) is 5.73 Å². The van der Waals surface area contributed by atoms with Crippen molar-refractivity contribution < 1.29 is 4.79 Å². The second-order valence-electron chi connectivity index (χ2n) is 4.80. The van der Waals surface area contributed by atoms with Crippen LogP contribution in [0.3, 0.4) is 0 Å². The van der Waals surface area contributed by atoms with Gasteiger partial charge in [0.05, 0.1) is 5.69 Å². The Morgan fingerprint density at radius 2 is 2.05 bits per heavy atom. The minimum atomic E-state index is 0. The van der Waals surface area contributed by atoms with E-state index in [2.05, 4.69) is 5.10 Å². The zero-order chi connectivity index (χ0) is 13.2. The molecule has 106 valence electrons. The molecule has 1 saturated heterocycles. The molecule has 6 heteroatoms. The summed E-state index contributed by atoms with van der Waals surface area (Å²) in [5.74, 6) is 0.0555. The fraction of sp³-hybridized carbons (Fsp3) is 0.286. The number of hydrogen-bond acceptors (Lipinski definition) is 3. The van der Waals surface area contributed by atoms with Gasteiger partial charge in [0.15, 0.2) is 0 Å². The summed E-state index contributed by atoms with van der Waals surface area (Å²) in [6, 6.07) is 9.45. The van der Waals surface area contributed by atoms with Gasteiger partial charge in [-0.15, -0.1) is 12.4 Å². The molecule has 0 unspecified atom stereocenters. The van der Waals surface area contributed by atoms with E-state index in [0.29, 0.717) is 12.1 Å². The number of hydrogen-bond donors (Lipinski definition) is 1. The fourth-order valence-corrected chi connectivity index (χ4v) is 2.33. The average molecular weight is 293 g/mol. The summed E-state index contributed by atoms with van der Waals surface area (Å²) in [6.45, 7) is 1.40. The maximum atomic E-state index is 12.2. The fourth-order valence-electron chi connectivity index (χ4n) is 2.33. The zero-order valence-corrected chi connectivity index (χ0v) is 11.8. The molecule has 2 N–H and O–H groups in total. The third-order valence-electron chi connectivity index (χ3n) is 3.40. The van der Waals surface area contributed by atoms with Gasteiger partial charge in [-0.2, -0.15) is 5.10 Å². The van der Waals surface area contributed by atoms with Gasteiger partial charge in [-0.3, -0.25) is 4.79 Å². The Morgan fingerprint density at radius 1 is 1.30 bits per heavy atom. The maximum absolute atomic E-state index is 12.2. The van der Waals surface area contributed by atoms with Crippen molar-refractivity contribution >= 4 is 18.3 Å². The maximum Gasteiger partial charge on any atom is 0.253 e. The van der Waals surface area contributed by atoms with E-state index < -0.39 is 0 Å². The van der Waals surface area contributed by atoms with E-state index in [9.17, 15) is 4.79 Å². The van der Waals surface area contributed by atoms with Gasteiger partial charge in [0, 0.05) is 37.1 Å². The van der Waals surface area contributed by atoms with Crippen molar-refractivity contribution in [2.75, 3.05) is 13.1 Å². The van der Waals surface area contributed by atoms with Crippen LogP contribution in [0.4, 0.5) is 0 Å². The molecule has 20 heavy (non-hydrogen) atoms. The summed E-state index contributed by atoms with van der Waals surface area (Å²) >= 11 is 0. The molecule has 0 spiro atoms. The van der Waals surface area contributed by atoms with Crippen LogP contribution in [0.5, 0.6) is 0 Å². The highest BCUT2D eigenvalue weighted by Crippen LogP contribution is 2.14. The number of aromatic nitrogens is 2. The molecule has 3 rings (SSSR count). The molecule has 1 aromatic carbocycles. The Morgan fingerprint density at radius 3 is 2.60 bits per heavy atom. The number of likely N-dealkylation sites (tertiary alicyclic amines) is 1. The van der Waals surface area contributed by atoms with Crippen LogP contribution < -0.4 is 5.73 Å². The molecule has 2 aromatic rings. The Kier molecular flexibility index (Phi) is 4.42. The second-order valence-corrected chi connectivity index (χ2v) is 4.80. The number of carbonyl (C=O) groups excluding carboxylic acids is 1. The highest BCUT2D eigenvalue weighted by molar-refractivity contribution is 5.94. The molecule has 2 heterocycles. The number of halogens is 1. The van der Waals surface area contributed by atoms with Gasteiger partial charge in [0.1, 0.15) is 0 Å². The molecular formula is C14H17ClN4O. The van der Waals surface area contributed by atoms with E-state index in [1.54, 1.807) is 10.9 Å². The minimum absolute atomic E-state index is 0. The van der Waals surface area contributed by atoms with E-state index in [1.165, 1.54) is 0 Å². The predicted octanol–water partition coefficient (Wildman–Crippen LogP) is 1.47. The predicted molar refractivity (Wildman–Crippen MR) is 79.3 cm³/mol. The van der Waals surface area contributed by atoms with Gasteiger partial charge in [-0.25, -0.2) is 4.68 Å². The Hall–Kier alpha value is -1.85. The van der Waals surface area contributed by atoms with Crippen LogP contribution in [0.25, 0.3) is 5.69 Å². The summed E-state index contributed by atoms with van der Waals surface area (Å²) in [5.41, 5.74) is 7.47. The third-order valence-corrected chi connectivity index (χ3v) is 3.40. The summed E-state index contributed by atoms with van der Waals surface area (Å²) in [7, 11) is 0. The van der Waals surface area contributed by atoms with E-state index in [1.807, 2.05) is 41.4 Å². The van der Waals surface area contributed by atoms with Gasteiger partial charge in [0.25, 0.3) is 5.91 Å². The minimum Gasteiger partial charge on any atom is -0.337 e. The molecule has 0 aliphatic carbocycles. The third kappa shape index (κ3) is 2.84. The van der Waals surface area contributed by atoms with Gasteiger partial charge in [0.2, 0.25) is 0 Å². The van der Waals surface area contributed by atoms with Crippen LogP contribution in [0.15, 0.2) is 42.7 Å². The highest BCUT2D eigenvalue weighted by Gasteiger charge is 2.24. The number of rotatable bonds is 2. The van der Waals surface area contributed by atoms with Crippen LogP contribution in [0.2, 0.25) is 0 Å². The molecule has 1 aliphatic rings. The van der Waals surface area contributed by atoms with E-state index in [0.717, 1.165) is 18.7 Å². The number of benzene rings is 1.